The Hall–Kier alpha value is -0.820. The third kappa shape index (κ3) is 5.47. The van der Waals surface area contributed by atoms with E-state index in [4.69, 9.17) is 16.3 Å². The summed E-state index contributed by atoms with van der Waals surface area (Å²) in [6.07, 6.45) is 0. The molecule has 0 heterocycles. The highest BCUT2D eigenvalue weighted by atomic mass is 35.5. The summed E-state index contributed by atoms with van der Waals surface area (Å²) in [4.78, 5) is 2.08. The Morgan fingerprint density at radius 1 is 1.33 bits per heavy atom. The second-order valence-corrected chi connectivity index (χ2v) is 8.19. The predicted molar refractivity (Wildman–Crippen MR) is 85.5 cm³/mol. The normalized spacial score (nSPS) is 12.7. The zero-order valence-electron chi connectivity index (χ0n) is 13.1. The fourth-order valence-corrected chi connectivity index (χ4v) is 3.81. The lowest BCUT2D eigenvalue weighted by Crippen LogP contribution is -2.40. The molecule has 0 spiro atoms. The van der Waals surface area contributed by atoms with Crippen LogP contribution in [0.3, 0.4) is 0 Å². The van der Waals surface area contributed by atoms with Gasteiger partial charge in [0.25, 0.3) is 0 Å². The maximum Gasteiger partial charge on any atom is 0.244 e. The second-order valence-electron chi connectivity index (χ2n) is 6.02. The number of benzene rings is 1. The van der Waals surface area contributed by atoms with Crippen molar-refractivity contribution in [1.82, 2.24) is 9.62 Å². The molecule has 0 saturated heterocycles. The quantitative estimate of drug-likeness (QED) is 0.830. The van der Waals surface area contributed by atoms with E-state index in [0.29, 0.717) is 11.6 Å². The molecule has 0 aromatic heterocycles. The molecule has 0 amide bonds. The summed E-state index contributed by atoms with van der Waals surface area (Å²) in [6.45, 7) is 5.10. The smallest absolute Gasteiger partial charge is 0.244 e. The lowest BCUT2D eigenvalue weighted by atomic mass is 9.93. The summed E-state index contributed by atoms with van der Waals surface area (Å²) in [5.74, 6) is 0.275. The molecular weight excluding hydrogens is 312 g/mol. The van der Waals surface area contributed by atoms with E-state index in [9.17, 15) is 8.42 Å². The average Bonchev–Trinajstić information content (AvgIpc) is 2.35. The molecule has 0 fully saturated rings. The van der Waals surface area contributed by atoms with Crippen molar-refractivity contribution in [3.8, 4) is 5.75 Å². The molecule has 21 heavy (non-hydrogen) atoms. The van der Waals surface area contributed by atoms with E-state index in [1.54, 1.807) is 12.1 Å². The fourth-order valence-electron chi connectivity index (χ4n) is 2.14. The number of nitrogens with zero attached hydrogens (tertiary/aromatic N) is 1. The molecule has 0 bridgehead atoms. The van der Waals surface area contributed by atoms with Gasteiger partial charge in [0.05, 0.1) is 7.11 Å². The van der Waals surface area contributed by atoms with Gasteiger partial charge >= 0.3 is 0 Å². The number of hydrogen-bond donors (Lipinski definition) is 1. The maximum absolute atomic E-state index is 12.4. The van der Waals surface area contributed by atoms with Crippen LogP contribution in [-0.2, 0) is 10.0 Å². The van der Waals surface area contributed by atoms with E-state index >= 15 is 0 Å². The van der Waals surface area contributed by atoms with E-state index in [1.165, 1.54) is 13.2 Å². The van der Waals surface area contributed by atoms with Gasteiger partial charge in [0, 0.05) is 18.1 Å². The SMILES string of the molecule is COc1ccc(Cl)cc1S(=O)(=O)NCC(C)(C)CN(C)C. The molecule has 0 aliphatic heterocycles. The van der Waals surface area contributed by atoms with Gasteiger partial charge in [-0.1, -0.05) is 25.4 Å². The Bertz CT molecular complexity index is 586. The molecule has 120 valence electrons. The first-order valence-electron chi connectivity index (χ1n) is 6.55. The van der Waals surface area contributed by atoms with Gasteiger partial charge < -0.3 is 9.64 Å². The minimum Gasteiger partial charge on any atom is -0.495 e. The molecule has 0 atom stereocenters. The van der Waals surface area contributed by atoms with E-state index < -0.39 is 10.0 Å². The third-order valence-electron chi connectivity index (χ3n) is 2.90. The molecule has 7 heteroatoms. The minimum atomic E-state index is -3.67. The van der Waals surface area contributed by atoms with Crippen LogP contribution in [0.4, 0.5) is 0 Å². The second kappa shape index (κ2) is 6.96. The van der Waals surface area contributed by atoms with Gasteiger partial charge in [0.1, 0.15) is 10.6 Å². The van der Waals surface area contributed by atoms with Gasteiger partial charge in [0.2, 0.25) is 10.0 Å². The first kappa shape index (κ1) is 18.2. The van der Waals surface area contributed by atoms with Gasteiger partial charge in [0.15, 0.2) is 0 Å². The number of halogens is 1. The Morgan fingerprint density at radius 2 is 1.95 bits per heavy atom. The molecule has 1 N–H and O–H groups in total. The molecule has 0 radical (unpaired) electrons. The molecule has 0 aliphatic carbocycles. The van der Waals surface area contributed by atoms with Crippen LogP contribution < -0.4 is 9.46 Å². The third-order valence-corrected chi connectivity index (χ3v) is 4.56. The number of sulfonamides is 1. The van der Waals surface area contributed by atoms with Crippen LogP contribution >= 0.6 is 11.6 Å². The maximum atomic E-state index is 12.4. The van der Waals surface area contributed by atoms with Crippen molar-refractivity contribution >= 4 is 21.6 Å². The van der Waals surface area contributed by atoms with Crippen molar-refractivity contribution in [3.05, 3.63) is 23.2 Å². The van der Waals surface area contributed by atoms with E-state index in [2.05, 4.69) is 4.72 Å². The van der Waals surface area contributed by atoms with Crippen LogP contribution in [-0.4, -0.2) is 47.6 Å². The highest BCUT2D eigenvalue weighted by Crippen LogP contribution is 2.27. The van der Waals surface area contributed by atoms with E-state index in [-0.39, 0.29) is 16.1 Å². The molecule has 1 rings (SSSR count). The summed E-state index contributed by atoms with van der Waals surface area (Å²) < 4.78 is 32.6. The zero-order valence-corrected chi connectivity index (χ0v) is 14.7. The monoisotopic (exact) mass is 334 g/mol. The highest BCUT2D eigenvalue weighted by Gasteiger charge is 2.25. The molecular formula is C14H23ClN2O3S. The summed E-state index contributed by atoms with van der Waals surface area (Å²) in [5.41, 5.74) is -0.192. The van der Waals surface area contributed by atoms with Crippen molar-refractivity contribution in [2.75, 3.05) is 34.3 Å². The van der Waals surface area contributed by atoms with Gasteiger partial charge in [-0.05, 0) is 37.7 Å². The van der Waals surface area contributed by atoms with Crippen LogP contribution in [0.5, 0.6) is 5.75 Å². The van der Waals surface area contributed by atoms with Crippen LogP contribution in [0.2, 0.25) is 5.02 Å². The van der Waals surface area contributed by atoms with Crippen molar-refractivity contribution in [3.63, 3.8) is 0 Å². The van der Waals surface area contributed by atoms with Crippen LogP contribution in [0.15, 0.2) is 23.1 Å². The molecule has 5 nitrogen and oxygen atoms in total. The fraction of sp³-hybridized carbons (Fsp3) is 0.571. The predicted octanol–water partition coefficient (Wildman–Crippen LogP) is 2.21. The Kier molecular flexibility index (Phi) is 6.04. The number of hydrogen-bond acceptors (Lipinski definition) is 4. The van der Waals surface area contributed by atoms with E-state index in [0.717, 1.165) is 6.54 Å². The molecule has 1 aromatic carbocycles. The molecule has 0 aliphatic rings. The van der Waals surface area contributed by atoms with Gasteiger partial charge in [-0.2, -0.15) is 0 Å². The van der Waals surface area contributed by atoms with Crippen molar-refractivity contribution in [1.29, 1.82) is 0 Å². The van der Waals surface area contributed by atoms with Gasteiger partial charge in [-0.3, -0.25) is 0 Å². The van der Waals surface area contributed by atoms with Crippen LogP contribution in [0, 0.1) is 5.41 Å². The topological polar surface area (TPSA) is 58.6 Å². The number of ether oxygens (including phenoxy) is 1. The van der Waals surface area contributed by atoms with Crippen molar-refractivity contribution < 1.29 is 13.2 Å². The Labute approximate surface area is 132 Å². The summed E-state index contributed by atoms with van der Waals surface area (Å²) in [7, 11) is 1.67. The van der Waals surface area contributed by atoms with Crippen molar-refractivity contribution in [2.45, 2.75) is 18.7 Å². The number of nitrogens with one attached hydrogen (secondary N) is 1. The lowest BCUT2D eigenvalue weighted by molar-refractivity contribution is 0.242. The molecule has 0 unspecified atom stereocenters. The van der Waals surface area contributed by atoms with Crippen molar-refractivity contribution in [2.24, 2.45) is 5.41 Å². The summed E-state index contributed by atoms with van der Waals surface area (Å²) in [6, 6.07) is 4.53. The standard InChI is InChI=1S/C14H23ClN2O3S/c1-14(2,10-17(3)4)9-16-21(18,19)13-8-11(15)6-7-12(13)20-5/h6-8,16H,9-10H2,1-5H3. The zero-order chi connectivity index (χ0) is 16.3. The first-order valence-corrected chi connectivity index (χ1v) is 8.41. The summed E-state index contributed by atoms with van der Waals surface area (Å²) in [5, 5.41) is 0.351. The van der Waals surface area contributed by atoms with E-state index in [1.807, 2.05) is 32.8 Å². The molecule has 0 saturated carbocycles. The highest BCUT2D eigenvalue weighted by molar-refractivity contribution is 7.89. The number of rotatable bonds is 7. The van der Waals surface area contributed by atoms with Gasteiger partial charge in [-0.15, -0.1) is 0 Å². The lowest BCUT2D eigenvalue weighted by Gasteiger charge is -2.28. The minimum absolute atomic E-state index is 0.0538. The number of methoxy groups -OCH3 is 1. The van der Waals surface area contributed by atoms with Crippen LogP contribution in [0.1, 0.15) is 13.8 Å². The largest absolute Gasteiger partial charge is 0.495 e. The Morgan fingerprint density at radius 3 is 2.48 bits per heavy atom. The average molecular weight is 335 g/mol. The Balaban J connectivity index is 2.95. The van der Waals surface area contributed by atoms with Gasteiger partial charge in [-0.25, -0.2) is 13.1 Å². The summed E-state index contributed by atoms with van der Waals surface area (Å²) >= 11 is 5.88. The molecule has 1 aromatic rings. The first-order chi connectivity index (χ1) is 9.57. The van der Waals surface area contributed by atoms with Crippen LogP contribution in [0.25, 0.3) is 0 Å².